The summed E-state index contributed by atoms with van der Waals surface area (Å²) in [6.45, 7) is 4.09. The molecule has 0 unspecified atom stereocenters. The number of sulfonamides is 1. The van der Waals surface area contributed by atoms with Crippen LogP contribution in [-0.2, 0) is 16.4 Å². The van der Waals surface area contributed by atoms with Crippen molar-refractivity contribution in [1.29, 1.82) is 0 Å². The summed E-state index contributed by atoms with van der Waals surface area (Å²) < 4.78 is 30.3. The van der Waals surface area contributed by atoms with E-state index < -0.39 is 10.0 Å². The number of aromatic nitrogens is 2. The van der Waals surface area contributed by atoms with E-state index in [2.05, 4.69) is 24.7 Å². The average molecular weight is 276 g/mol. The largest absolute Gasteiger partial charge is 0.343 e. The number of unbranched alkanes of at least 4 members (excludes halogenated alkanes) is 1. The van der Waals surface area contributed by atoms with Crippen molar-refractivity contribution in [2.45, 2.75) is 26.2 Å². The van der Waals surface area contributed by atoms with Crippen molar-refractivity contribution in [1.82, 2.24) is 20.2 Å². The van der Waals surface area contributed by atoms with Crippen LogP contribution in [0.4, 0.5) is 0 Å². The summed E-state index contributed by atoms with van der Waals surface area (Å²) in [5.74, 6) is 0.662. The van der Waals surface area contributed by atoms with E-state index in [1.165, 1.54) is 6.39 Å². The monoisotopic (exact) mass is 276 g/mol. The average Bonchev–Trinajstić information content (AvgIpc) is 2.81. The van der Waals surface area contributed by atoms with E-state index in [4.69, 9.17) is 0 Å². The molecule has 0 aliphatic rings. The molecular weight excluding hydrogens is 256 g/mol. The number of nitrogens with one attached hydrogen (secondary N) is 2. The summed E-state index contributed by atoms with van der Waals surface area (Å²) in [4.78, 5) is 3.81. The molecule has 0 radical (unpaired) electrons. The fraction of sp³-hybridized carbons (Fsp3) is 0.800. The summed E-state index contributed by atoms with van der Waals surface area (Å²) in [6, 6.07) is 0. The van der Waals surface area contributed by atoms with Crippen LogP contribution in [0.1, 0.15) is 25.6 Å². The number of nitrogens with zero attached hydrogens (tertiary/aromatic N) is 2. The first-order valence-corrected chi connectivity index (χ1v) is 7.72. The standard InChI is InChI=1S/C10H20N4O3S/c1-2-11-6-3-4-8-18(15,16)13-7-5-10-12-9-17-14-10/h9,11,13H,2-8H2,1H3. The summed E-state index contributed by atoms with van der Waals surface area (Å²) in [5, 5.41) is 6.76. The van der Waals surface area contributed by atoms with Crippen molar-refractivity contribution < 1.29 is 12.9 Å². The van der Waals surface area contributed by atoms with Crippen molar-refractivity contribution >= 4 is 10.0 Å². The van der Waals surface area contributed by atoms with Gasteiger partial charge in [0.2, 0.25) is 16.4 Å². The van der Waals surface area contributed by atoms with Crippen LogP contribution in [0.3, 0.4) is 0 Å². The van der Waals surface area contributed by atoms with E-state index >= 15 is 0 Å². The van der Waals surface area contributed by atoms with Crippen molar-refractivity contribution in [2.24, 2.45) is 0 Å². The Labute approximate surface area is 107 Å². The van der Waals surface area contributed by atoms with Gasteiger partial charge in [-0.2, -0.15) is 4.98 Å². The lowest BCUT2D eigenvalue weighted by molar-refractivity contribution is 0.409. The third kappa shape index (κ3) is 6.67. The van der Waals surface area contributed by atoms with Crippen LogP contribution in [-0.4, -0.2) is 43.9 Å². The number of hydrogen-bond donors (Lipinski definition) is 2. The van der Waals surface area contributed by atoms with Gasteiger partial charge < -0.3 is 9.84 Å². The second kappa shape index (κ2) is 8.17. The van der Waals surface area contributed by atoms with E-state index in [1.54, 1.807) is 0 Å². The molecule has 0 spiro atoms. The highest BCUT2D eigenvalue weighted by atomic mass is 32.2. The topological polar surface area (TPSA) is 97.1 Å². The van der Waals surface area contributed by atoms with E-state index in [0.717, 1.165) is 19.5 Å². The predicted octanol–water partition coefficient (Wildman–Crippen LogP) is -0.0788. The molecule has 0 atom stereocenters. The quantitative estimate of drug-likeness (QED) is 0.580. The van der Waals surface area contributed by atoms with Crippen molar-refractivity contribution in [3.05, 3.63) is 12.2 Å². The van der Waals surface area contributed by atoms with Crippen LogP contribution >= 0.6 is 0 Å². The Morgan fingerprint density at radius 2 is 2.17 bits per heavy atom. The Balaban J connectivity index is 2.11. The first-order chi connectivity index (χ1) is 8.64. The third-order valence-electron chi connectivity index (χ3n) is 2.34. The minimum Gasteiger partial charge on any atom is -0.343 e. The Kier molecular flexibility index (Phi) is 6.84. The smallest absolute Gasteiger partial charge is 0.213 e. The van der Waals surface area contributed by atoms with Gasteiger partial charge >= 0.3 is 0 Å². The Hall–Kier alpha value is -0.990. The van der Waals surface area contributed by atoms with Crippen LogP contribution in [0.15, 0.2) is 10.9 Å². The van der Waals surface area contributed by atoms with Gasteiger partial charge in [-0.15, -0.1) is 0 Å². The van der Waals surface area contributed by atoms with E-state index in [9.17, 15) is 8.42 Å². The van der Waals surface area contributed by atoms with Crippen LogP contribution in [0, 0.1) is 0 Å². The Morgan fingerprint density at radius 3 is 2.83 bits per heavy atom. The molecule has 1 heterocycles. The van der Waals surface area contributed by atoms with Gasteiger partial charge in [-0.25, -0.2) is 13.1 Å². The van der Waals surface area contributed by atoms with Crippen molar-refractivity contribution in [2.75, 3.05) is 25.4 Å². The second-order valence-electron chi connectivity index (χ2n) is 3.87. The maximum atomic E-state index is 11.6. The molecule has 0 saturated carbocycles. The molecule has 8 heteroatoms. The highest BCUT2D eigenvalue weighted by Crippen LogP contribution is 1.95. The molecule has 0 aliphatic carbocycles. The zero-order valence-electron chi connectivity index (χ0n) is 10.6. The van der Waals surface area contributed by atoms with E-state index in [1.807, 2.05) is 6.92 Å². The summed E-state index contributed by atoms with van der Waals surface area (Å²) in [7, 11) is -3.19. The second-order valence-corrected chi connectivity index (χ2v) is 5.80. The van der Waals surface area contributed by atoms with Gasteiger partial charge in [0.05, 0.1) is 5.75 Å². The van der Waals surface area contributed by atoms with Crippen LogP contribution < -0.4 is 10.0 Å². The molecule has 1 aromatic rings. The highest BCUT2D eigenvalue weighted by Gasteiger charge is 2.09. The summed E-state index contributed by atoms with van der Waals surface area (Å²) in [6.07, 6.45) is 3.18. The van der Waals surface area contributed by atoms with E-state index in [-0.39, 0.29) is 5.75 Å². The fourth-order valence-corrected chi connectivity index (χ4v) is 2.55. The lowest BCUT2D eigenvalue weighted by Gasteiger charge is -2.05. The molecule has 18 heavy (non-hydrogen) atoms. The summed E-state index contributed by atoms with van der Waals surface area (Å²) >= 11 is 0. The first kappa shape index (κ1) is 15.1. The van der Waals surface area contributed by atoms with Gasteiger partial charge in [-0.3, -0.25) is 0 Å². The Bertz CT molecular complexity index is 405. The van der Waals surface area contributed by atoms with Gasteiger partial charge in [0, 0.05) is 13.0 Å². The molecule has 2 N–H and O–H groups in total. The maximum absolute atomic E-state index is 11.6. The fourth-order valence-electron chi connectivity index (χ4n) is 1.41. The number of hydrogen-bond acceptors (Lipinski definition) is 6. The van der Waals surface area contributed by atoms with Gasteiger partial charge in [-0.1, -0.05) is 12.1 Å². The Morgan fingerprint density at radius 1 is 1.33 bits per heavy atom. The van der Waals surface area contributed by atoms with Crippen LogP contribution in [0.2, 0.25) is 0 Å². The maximum Gasteiger partial charge on any atom is 0.213 e. The molecule has 0 aromatic carbocycles. The molecule has 0 aliphatic heterocycles. The molecule has 0 saturated heterocycles. The van der Waals surface area contributed by atoms with Gasteiger partial charge in [0.25, 0.3) is 0 Å². The first-order valence-electron chi connectivity index (χ1n) is 6.07. The minimum absolute atomic E-state index is 0.157. The molecule has 0 fully saturated rings. The molecule has 7 nitrogen and oxygen atoms in total. The summed E-state index contributed by atoms with van der Waals surface area (Å²) in [5.41, 5.74) is 0. The lowest BCUT2D eigenvalue weighted by Crippen LogP contribution is -2.29. The van der Waals surface area contributed by atoms with Crippen LogP contribution in [0.25, 0.3) is 0 Å². The minimum atomic E-state index is -3.19. The van der Waals surface area contributed by atoms with Gasteiger partial charge in [-0.05, 0) is 25.9 Å². The van der Waals surface area contributed by atoms with E-state index in [0.29, 0.717) is 25.2 Å². The molecule has 0 amide bonds. The van der Waals surface area contributed by atoms with Crippen molar-refractivity contribution in [3.8, 4) is 0 Å². The molecule has 104 valence electrons. The molecular formula is C10H20N4O3S. The number of rotatable bonds is 10. The normalized spacial score (nSPS) is 11.8. The third-order valence-corrected chi connectivity index (χ3v) is 3.81. The molecule has 1 aromatic heterocycles. The van der Waals surface area contributed by atoms with Crippen molar-refractivity contribution in [3.63, 3.8) is 0 Å². The zero-order chi connectivity index (χ0) is 13.3. The zero-order valence-corrected chi connectivity index (χ0v) is 11.4. The van der Waals surface area contributed by atoms with Crippen LogP contribution in [0.5, 0.6) is 0 Å². The van der Waals surface area contributed by atoms with Gasteiger partial charge in [0.1, 0.15) is 0 Å². The van der Waals surface area contributed by atoms with Gasteiger partial charge in [0.15, 0.2) is 5.82 Å². The predicted molar refractivity (Wildman–Crippen MR) is 67.6 cm³/mol. The highest BCUT2D eigenvalue weighted by molar-refractivity contribution is 7.89. The SMILES string of the molecule is CCNCCCCS(=O)(=O)NCCc1ncon1. The lowest BCUT2D eigenvalue weighted by atomic mass is 10.3. The molecule has 0 bridgehead atoms. The molecule has 1 rings (SSSR count).